The molecule has 0 aliphatic heterocycles. The van der Waals surface area contributed by atoms with E-state index in [1.54, 1.807) is 0 Å². The Morgan fingerprint density at radius 2 is 2.00 bits per heavy atom. The molecule has 1 aliphatic carbocycles. The number of ether oxygens (including phenoxy) is 1. The molecule has 0 heterocycles. The Morgan fingerprint density at radius 3 is 2.50 bits per heavy atom. The minimum Gasteiger partial charge on any atom is -0.372 e. The molecule has 5 nitrogen and oxygen atoms in total. The summed E-state index contributed by atoms with van der Waals surface area (Å²) in [6.45, 7) is -0.426. The molecule has 0 saturated heterocycles. The molecule has 0 aromatic heterocycles. The fraction of sp³-hybridized carbons (Fsp3) is 0.909. The van der Waals surface area contributed by atoms with Gasteiger partial charge in [0.25, 0.3) is 0 Å². The number of amides is 1. The second-order valence-corrected chi connectivity index (χ2v) is 7.25. The van der Waals surface area contributed by atoms with Gasteiger partial charge in [0.05, 0.1) is 5.75 Å². The van der Waals surface area contributed by atoms with Gasteiger partial charge >= 0.3 is 6.18 Å². The van der Waals surface area contributed by atoms with Crippen molar-refractivity contribution < 1.29 is 31.1 Å². The van der Waals surface area contributed by atoms with Gasteiger partial charge in [0.2, 0.25) is 5.91 Å². The largest absolute Gasteiger partial charge is 0.411 e. The predicted octanol–water partition coefficient (Wildman–Crippen LogP) is 1.04. The first-order valence-electron chi connectivity index (χ1n) is 6.28. The van der Waals surface area contributed by atoms with E-state index in [0.29, 0.717) is 0 Å². The molecule has 118 valence electrons. The second kappa shape index (κ2) is 6.75. The Kier molecular flexibility index (Phi) is 5.81. The Bertz CT molecular complexity index is 431. The molecule has 9 heteroatoms. The van der Waals surface area contributed by atoms with E-state index < -0.39 is 33.8 Å². The molecule has 20 heavy (non-hydrogen) atoms. The molecule has 0 bridgehead atoms. The van der Waals surface area contributed by atoms with Crippen LogP contribution < -0.4 is 5.32 Å². The van der Waals surface area contributed by atoms with Gasteiger partial charge in [-0.05, 0) is 26.2 Å². The molecule has 0 aromatic rings. The Balaban J connectivity index is 2.27. The van der Waals surface area contributed by atoms with Gasteiger partial charge in [-0.25, -0.2) is 8.42 Å². The van der Waals surface area contributed by atoms with Gasteiger partial charge in [-0.3, -0.25) is 4.79 Å². The van der Waals surface area contributed by atoms with Crippen LogP contribution in [0, 0.1) is 0 Å². The van der Waals surface area contributed by atoms with E-state index >= 15 is 0 Å². The predicted molar refractivity (Wildman–Crippen MR) is 65.9 cm³/mol. The number of rotatable bonds is 8. The maximum absolute atomic E-state index is 11.8. The number of carbonyl (C=O) groups excluding carboxylic acids is 1. The Morgan fingerprint density at radius 1 is 1.40 bits per heavy atom. The van der Waals surface area contributed by atoms with Crippen LogP contribution in [0.1, 0.15) is 26.2 Å². The number of sulfone groups is 1. The smallest absolute Gasteiger partial charge is 0.372 e. The van der Waals surface area contributed by atoms with Crippen LogP contribution in [-0.4, -0.2) is 50.8 Å². The average Bonchev–Trinajstić information content (AvgIpc) is 3.09. The minimum atomic E-state index is -4.42. The van der Waals surface area contributed by atoms with Crippen LogP contribution >= 0.6 is 0 Å². The lowest BCUT2D eigenvalue weighted by Crippen LogP contribution is -2.40. The van der Waals surface area contributed by atoms with Crippen molar-refractivity contribution in [1.29, 1.82) is 0 Å². The third-order valence-electron chi connectivity index (χ3n) is 2.81. The van der Waals surface area contributed by atoms with E-state index in [0.717, 1.165) is 12.8 Å². The number of halogens is 3. The molecule has 1 N–H and O–H groups in total. The van der Waals surface area contributed by atoms with Crippen LogP contribution in [0.2, 0.25) is 0 Å². The van der Waals surface area contributed by atoms with Gasteiger partial charge in [-0.15, -0.1) is 0 Å². The van der Waals surface area contributed by atoms with Crippen LogP contribution in [0.4, 0.5) is 13.2 Å². The van der Waals surface area contributed by atoms with E-state index in [1.165, 1.54) is 6.92 Å². The van der Waals surface area contributed by atoms with Crippen molar-refractivity contribution in [3.8, 4) is 0 Å². The summed E-state index contributed by atoms with van der Waals surface area (Å²) in [5.74, 6) is -0.923. The normalized spacial score (nSPS) is 17.8. The lowest BCUT2D eigenvalue weighted by atomic mass is 10.4. The van der Waals surface area contributed by atoms with Crippen molar-refractivity contribution in [2.75, 3.05) is 19.0 Å². The fourth-order valence-corrected chi connectivity index (χ4v) is 2.70. The molecule has 1 amide bonds. The Hall–Kier alpha value is -0.830. The molecule has 1 atom stereocenters. The summed E-state index contributed by atoms with van der Waals surface area (Å²) in [5.41, 5.74) is 0. The van der Waals surface area contributed by atoms with Crippen LogP contribution in [0.25, 0.3) is 0 Å². The molecular weight excluding hydrogens is 299 g/mol. The van der Waals surface area contributed by atoms with Crippen LogP contribution in [0.15, 0.2) is 0 Å². The topological polar surface area (TPSA) is 72.5 Å². The van der Waals surface area contributed by atoms with Crippen LogP contribution in [0.5, 0.6) is 0 Å². The highest BCUT2D eigenvalue weighted by atomic mass is 32.2. The quantitative estimate of drug-likeness (QED) is 0.679. The summed E-state index contributed by atoms with van der Waals surface area (Å²) in [6, 6.07) is 0.0651. The van der Waals surface area contributed by atoms with Gasteiger partial charge in [0.1, 0.15) is 11.9 Å². The van der Waals surface area contributed by atoms with Gasteiger partial charge < -0.3 is 10.1 Å². The molecule has 0 radical (unpaired) electrons. The fourth-order valence-electron chi connectivity index (χ4n) is 1.44. The van der Waals surface area contributed by atoms with Crippen molar-refractivity contribution in [1.82, 2.24) is 5.32 Å². The standard InChI is InChI=1S/C11H18F3NO4S/c1-8(10(16)15-9-3-4-9)20(17,18)6-2-5-19-7-11(12,13)14/h8-9H,2-7H2,1H3,(H,15,16). The monoisotopic (exact) mass is 317 g/mol. The van der Waals surface area contributed by atoms with Crippen molar-refractivity contribution in [3.63, 3.8) is 0 Å². The first-order valence-corrected chi connectivity index (χ1v) is 8.00. The third-order valence-corrected chi connectivity index (χ3v) is 4.96. The van der Waals surface area contributed by atoms with E-state index in [1.807, 2.05) is 0 Å². The number of hydrogen-bond acceptors (Lipinski definition) is 4. The SMILES string of the molecule is CC(C(=O)NC1CC1)S(=O)(=O)CCCOCC(F)(F)F. The molecular formula is C11H18F3NO4S. The van der Waals surface area contributed by atoms with Gasteiger partial charge in [-0.1, -0.05) is 0 Å². The van der Waals surface area contributed by atoms with E-state index in [2.05, 4.69) is 10.1 Å². The lowest BCUT2D eigenvalue weighted by Gasteiger charge is -2.13. The van der Waals surface area contributed by atoms with E-state index in [4.69, 9.17) is 0 Å². The first-order chi connectivity index (χ1) is 9.12. The number of nitrogens with one attached hydrogen (secondary N) is 1. The molecule has 0 spiro atoms. The lowest BCUT2D eigenvalue weighted by molar-refractivity contribution is -0.173. The average molecular weight is 317 g/mol. The van der Waals surface area contributed by atoms with Gasteiger partial charge in [0, 0.05) is 12.6 Å². The maximum Gasteiger partial charge on any atom is 0.411 e. The second-order valence-electron chi connectivity index (χ2n) is 4.81. The summed E-state index contributed by atoms with van der Waals surface area (Å²) >= 11 is 0. The van der Waals surface area contributed by atoms with Gasteiger partial charge in [0.15, 0.2) is 9.84 Å². The van der Waals surface area contributed by atoms with Crippen molar-refractivity contribution in [2.45, 2.75) is 43.7 Å². The molecule has 1 fully saturated rings. The maximum atomic E-state index is 11.8. The van der Waals surface area contributed by atoms with Crippen molar-refractivity contribution in [3.05, 3.63) is 0 Å². The number of hydrogen-bond donors (Lipinski definition) is 1. The molecule has 1 saturated carbocycles. The van der Waals surface area contributed by atoms with Crippen molar-refractivity contribution in [2.24, 2.45) is 0 Å². The summed E-state index contributed by atoms with van der Waals surface area (Å²) < 4.78 is 63.3. The minimum absolute atomic E-state index is 0.0651. The molecule has 1 aliphatic rings. The van der Waals surface area contributed by atoms with Crippen LogP contribution in [0.3, 0.4) is 0 Å². The van der Waals surface area contributed by atoms with Crippen molar-refractivity contribution >= 4 is 15.7 Å². The molecule has 1 rings (SSSR count). The Labute approximate surface area is 115 Å². The summed E-state index contributed by atoms with van der Waals surface area (Å²) in [5, 5.41) is 1.39. The highest BCUT2D eigenvalue weighted by molar-refractivity contribution is 7.92. The van der Waals surface area contributed by atoms with Crippen LogP contribution in [-0.2, 0) is 19.4 Å². The zero-order valence-corrected chi connectivity index (χ0v) is 11.9. The molecule has 1 unspecified atom stereocenters. The number of alkyl halides is 3. The highest BCUT2D eigenvalue weighted by Gasteiger charge is 2.32. The first kappa shape index (κ1) is 17.2. The summed E-state index contributed by atoms with van der Waals surface area (Å²) in [6.07, 6.45) is -2.79. The molecule has 0 aromatic carbocycles. The summed E-state index contributed by atoms with van der Waals surface area (Å²) in [4.78, 5) is 11.6. The van der Waals surface area contributed by atoms with E-state index in [-0.39, 0.29) is 24.8 Å². The number of carbonyl (C=O) groups is 1. The highest BCUT2D eigenvalue weighted by Crippen LogP contribution is 2.19. The zero-order chi connectivity index (χ0) is 15.4. The van der Waals surface area contributed by atoms with E-state index in [9.17, 15) is 26.4 Å². The zero-order valence-electron chi connectivity index (χ0n) is 11.1. The third kappa shape index (κ3) is 6.56. The summed E-state index contributed by atoms with van der Waals surface area (Å²) in [7, 11) is -3.67. The van der Waals surface area contributed by atoms with Gasteiger partial charge in [-0.2, -0.15) is 13.2 Å².